The third-order valence-corrected chi connectivity index (χ3v) is 2.45. The fourth-order valence-corrected chi connectivity index (χ4v) is 1.55. The summed E-state index contributed by atoms with van der Waals surface area (Å²) in [6.07, 6.45) is 0. The van der Waals surface area contributed by atoms with Crippen LogP contribution in [-0.4, -0.2) is 7.11 Å². The number of hydrogen-bond acceptors (Lipinski definition) is 3. The van der Waals surface area contributed by atoms with E-state index in [0.717, 1.165) is 11.3 Å². The standard InChI is InChI=1S/C15H13NO2/c1-17-11-13-4-8-15(9-5-13)18-14-6-2-12(10-16)3-7-14/h2-9H,11H2,1H3. The molecule has 0 fully saturated rings. The summed E-state index contributed by atoms with van der Waals surface area (Å²) in [4.78, 5) is 0. The molecule has 2 aromatic rings. The van der Waals surface area contributed by atoms with E-state index in [-0.39, 0.29) is 0 Å². The Labute approximate surface area is 106 Å². The number of methoxy groups -OCH3 is 1. The lowest BCUT2D eigenvalue weighted by Crippen LogP contribution is -1.88. The van der Waals surface area contributed by atoms with Crippen LogP contribution in [0, 0.1) is 11.3 Å². The number of nitriles is 1. The molecule has 0 saturated carbocycles. The van der Waals surface area contributed by atoms with Crippen molar-refractivity contribution in [3.8, 4) is 17.6 Å². The summed E-state index contributed by atoms with van der Waals surface area (Å²) in [7, 11) is 1.67. The van der Waals surface area contributed by atoms with Gasteiger partial charge in [-0.2, -0.15) is 5.26 Å². The van der Waals surface area contributed by atoms with Crippen molar-refractivity contribution in [1.29, 1.82) is 5.26 Å². The number of nitrogens with zero attached hydrogens (tertiary/aromatic N) is 1. The van der Waals surface area contributed by atoms with Gasteiger partial charge in [-0.3, -0.25) is 0 Å². The normalized spacial score (nSPS) is 9.78. The molecule has 0 unspecified atom stereocenters. The average molecular weight is 239 g/mol. The fourth-order valence-electron chi connectivity index (χ4n) is 1.55. The van der Waals surface area contributed by atoms with Crippen molar-refractivity contribution in [2.45, 2.75) is 6.61 Å². The SMILES string of the molecule is COCc1ccc(Oc2ccc(C#N)cc2)cc1. The van der Waals surface area contributed by atoms with Crippen molar-refractivity contribution in [3.63, 3.8) is 0 Å². The monoisotopic (exact) mass is 239 g/mol. The highest BCUT2D eigenvalue weighted by Crippen LogP contribution is 2.22. The molecule has 0 spiro atoms. The first kappa shape index (κ1) is 12.2. The molecule has 0 saturated heterocycles. The van der Waals surface area contributed by atoms with E-state index in [0.29, 0.717) is 17.9 Å². The molecule has 0 aliphatic heterocycles. The van der Waals surface area contributed by atoms with Gasteiger partial charge in [-0.1, -0.05) is 12.1 Å². The Hall–Kier alpha value is -2.31. The van der Waals surface area contributed by atoms with Crippen LogP contribution in [0.4, 0.5) is 0 Å². The minimum atomic E-state index is 0.594. The number of ether oxygens (including phenoxy) is 2. The van der Waals surface area contributed by atoms with Gasteiger partial charge in [-0.05, 0) is 42.0 Å². The van der Waals surface area contributed by atoms with Gasteiger partial charge < -0.3 is 9.47 Å². The number of hydrogen-bond donors (Lipinski definition) is 0. The molecule has 0 atom stereocenters. The lowest BCUT2D eigenvalue weighted by Gasteiger charge is -2.06. The van der Waals surface area contributed by atoms with Crippen molar-refractivity contribution in [2.24, 2.45) is 0 Å². The molecule has 0 heterocycles. The zero-order chi connectivity index (χ0) is 12.8. The van der Waals surface area contributed by atoms with Crippen molar-refractivity contribution < 1.29 is 9.47 Å². The first-order valence-corrected chi connectivity index (χ1v) is 5.58. The predicted molar refractivity (Wildman–Crippen MR) is 68.4 cm³/mol. The Morgan fingerprint density at radius 3 is 2.00 bits per heavy atom. The Kier molecular flexibility index (Phi) is 3.95. The second-order valence-electron chi connectivity index (χ2n) is 3.82. The van der Waals surface area contributed by atoms with E-state index < -0.39 is 0 Å². The second-order valence-corrected chi connectivity index (χ2v) is 3.82. The topological polar surface area (TPSA) is 42.2 Å². The van der Waals surface area contributed by atoms with Crippen LogP contribution < -0.4 is 4.74 Å². The van der Waals surface area contributed by atoms with Crippen LogP contribution in [-0.2, 0) is 11.3 Å². The molecular weight excluding hydrogens is 226 g/mol. The summed E-state index contributed by atoms with van der Waals surface area (Å²) in [6, 6.07) is 16.8. The van der Waals surface area contributed by atoms with Crippen molar-refractivity contribution >= 4 is 0 Å². The minimum absolute atomic E-state index is 0.594. The van der Waals surface area contributed by atoms with Gasteiger partial charge in [0.05, 0.1) is 18.2 Å². The van der Waals surface area contributed by atoms with E-state index in [1.54, 1.807) is 31.4 Å². The number of rotatable bonds is 4. The highest BCUT2D eigenvalue weighted by atomic mass is 16.5. The summed E-state index contributed by atoms with van der Waals surface area (Å²) < 4.78 is 10.7. The lowest BCUT2D eigenvalue weighted by atomic mass is 10.2. The molecule has 0 N–H and O–H groups in total. The third-order valence-electron chi connectivity index (χ3n) is 2.45. The number of benzene rings is 2. The summed E-state index contributed by atoms with van der Waals surface area (Å²) in [5, 5.41) is 8.70. The van der Waals surface area contributed by atoms with Crippen LogP contribution in [0.15, 0.2) is 48.5 Å². The van der Waals surface area contributed by atoms with Crippen molar-refractivity contribution in [1.82, 2.24) is 0 Å². The predicted octanol–water partition coefficient (Wildman–Crippen LogP) is 3.50. The first-order valence-electron chi connectivity index (χ1n) is 5.58. The molecule has 0 bridgehead atoms. The molecule has 0 aliphatic carbocycles. The zero-order valence-corrected chi connectivity index (χ0v) is 10.1. The minimum Gasteiger partial charge on any atom is -0.457 e. The fraction of sp³-hybridized carbons (Fsp3) is 0.133. The van der Waals surface area contributed by atoms with Crippen LogP contribution in [0.25, 0.3) is 0 Å². The maximum absolute atomic E-state index is 8.70. The first-order chi connectivity index (χ1) is 8.81. The van der Waals surface area contributed by atoms with E-state index in [2.05, 4.69) is 6.07 Å². The van der Waals surface area contributed by atoms with E-state index in [9.17, 15) is 0 Å². The highest BCUT2D eigenvalue weighted by molar-refractivity contribution is 5.37. The van der Waals surface area contributed by atoms with Gasteiger partial charge in [-0.15, -0.1) is 0 Å². The van der Waals surface area contributed by atoms with E-state index >= 15 is 0 Å². The Balaban J connectivity index is 2.06. The second kappa shape index (κ2) is 5.85. The molecule has 3 nitrogen and oxygen atoms in total. The molecule has 18 heavy (non-hydrogen) atoms. The molecule has 2 aromatic carbocycles. The molecule has 0 aromatic heterocycles. The Morgan fingerprint density at radius 1 is 0.944 bits per heavy atom. The Morgan fingerprint density at radius 2 is 1.50 bits per heavy atom. The van der Waals surface area contributed by atoms with Crippen LogP contribution in [0.2, 0.25) is 0 Å². The van der Waals surface area contributed by atoms with Gasteiger partial charge >= 0.3 is 0 Å². The maximum Gasteiger partial charge on any atom is 0.127 e. The molecule has 0 aliphatic rings. The van der Waals surface area contributed by atoms with Crippen molar-refractivity contribution in [3.05, 3.63) is 59.7 Å². The maximum atomic E-state index is 8.70. The van der Waals surface area contributed by atoms with Crippen LogP contribution in [0.3, 0.4) is 0 Å². The van der Waals surface area contributed by atoms with Crippen LogP contribution >= 0.6 is 0 Å². The molecule has 90 valence electrons. The lowest BCUT2D eigenvalue weighted by molar-refractivity contribution is 0.185. The van der Waals surface area contributed by atoms with Gasteiger partial charge in [-0.25, -0.2) is 0 Å². The molecule has 0 amide bonds. The smallest absolute Gasteiger partial charge is 0.127 e. The van der Waals surface area contributed by atoms with E-state index in [1.165, 1.54) is 0 Å². The van der Waals surface area contributed by atoms with Crippen molar-refractivity contribution in [2.75, 3.05) is 7.11 Å². The quantitative estimate of drug-likeness (QED) is 0.820. The third kappa shape index (κ3) is 3.09. The summed E-state index contributed by atoms with van der Waals surface area (Å²) >= 11 is 0. The van der Waals surface area contributed by atoms with Gasteiger partial charge in [0.15, 0.2) is 0 Å². The van der Waals surface area contributed by atoms with Gasteiger partial charge in [0.2, 0.25) is 0 Å². The molecular formula is C15H13NO2. The largest absolute Gasteiger partial charge is 0.457 e. The Bertz CT molecular complexity index is 538. The molecule has 2 rings (SSSR count). The summed E-state index contributed by atoms with van der Waals surface area (Å²) in [6.45, 7) is 0.594. The van der Waals surface area contributed by atoms with Gasteiger partial charge in [0, 0.05) is 7.11 Å². The highest BCUT2D eigenvalue weighted by Gasteiger charge is 1.98. The van der Waals surface area contributed by atoms with E-state index in [1.807, 2.05) is 24.3 Å². The molecule has 0 radical (unpaired) electrons. The zero-order valence-electron chi connectivity index (χ0n) is 10.1. The van der Waals surface area contributed by atoms with Crippen LogP contribution in [0.5, 0.6) is 11.5 Å². The van der Waals surface area contributed by atoms with E-state index in [4.69, 9.17) is 14.7 Å². The van der Waals surface area contributed by atoms with Gasteiger partial charge in [0.1, 0.15) is 11.5 Å². The summed E-state index contributed by atoms with van der Waals surface area (Å²) in [5.74, 6) is 1.48. The average Bonchev–Trinajstić information content (AvgIpc) is 2.42. The van der Waals surface area contributed by atoms with Crippen LogP contribution in [0.1, 0.15) is 11.1 Å². The van der Waals surface area contributed by atoms with Gasteiger partial charge in [0.25, 0.3) is 0 Å². The summed E-state index contributed by atoms with van der Waals surface area (Å²) in [5.41, 5.74) is 1.72. The molecule has 3 heteroatoms.